The molecule has 0 aromatic heterocycles. The van der Waals surface area contributed by atoms with Gasteiger partial charge in [0.1, 0.15) is 5.82 Å². The van der Waals surface area contributed by atoms with Gasteiger partial charge in [0.15, 0.2) is 6.10 Å². The minimum atomic E-state index is -1.01. The summed E-state index contributed by atoms with van der Waals surface area (Å²) in [5.74, 6) is -1.79. The first-order valence-electron chi connectivity index (χ1n) is 7.57. The number of carbonyl (C=O) groups is 2. The van der Waals surface area contributed by atoms with Crippen molar-refractivity contribution in [3.63, 3.8) is 0 Å². The molecule has 1 atom stereocenters. The highest BCUT2D eigenvalue weighted by atomic mass is 35.5. The highest BCUT2D eigenvalue weighted by molar-refractivity contribution is 6.32. The molecule has 2 aromatic rings. The Labute approximate surface area is 150 Å². The van der Waals surface area contributed by atoms with Crippen LogP contribution in [0.2, 0.25) is 5.02 Å². The van der Waals surface area contributed by atoms with Crippen molar-refractivity contribution in [1.29, 1.82) is 0 Å². The van der Waals surface area contributed by atoms with Crippen molar-refractivity contribution in [2.45, 2.75) is 20.0 Å². The van der Waals surface area contributed by atoms with Crippen LogP contribution in [0.25, 0.3) is 6.08 Å². The number of anilines is 1. The van der Waals surface area contributed by atoms with E-state index in [0.717, 1.165) is 11.6 Å². The second kappa shape index (κ2) is 8.44. The normalized spacial score (nSPS) is 12.0. The van der Waals surface area contributed by atoms with E-state index < -0.39 is 23.8 Å². The minimum Gasteiger partial charge on any atom is -0.449 e. The second-order valence-electron chi connectivity index (χ2n) is 5.40. The number of carbonyl (C=O) groups excluding carboxylic acids is 2. The van der Waals surface area contributed by atoms with Gasteiger partial charge in [0.25, 0.3) is 5.91 Å². The maximum Gasteiger partial charge on any atom is 0.331 e. The number of hydrogen-bond donors (Lipinski definition) is 1. The van der Waals surface area contributed by atoms with E-state index >= 15 is 0 Å². The summed E-state index contributed by atoms with van der Waals surface area (Å²) in [6.45, 7) is 3.38. The number of aryl methyl sites for hydroxylation is 1. The lowest BCUT2D eigenvalue weighted by Gasteiger charge is -2.12. The molecular weight excluding hydrogens is 345 g/mol. The van der Waals surface area contributed by atoms with E-state index in [1.54, 1.807) is 12.1 Å². The number of esters is 1. The Hall–Kier alpha value is -2.66. The van der Waals surface area contributed by atoms with E-state index in [4.69, 9.17) is 16.3 Å². The maximum absolute atomic E-state index is 13.6. The monoisotopic (exact) mass is 361 g/mol. The van der Waals surface area contributed by atoms with Crippen LogP contribution < -0.4 is 5.32 Å². The lowest BCUT2D eigenvalue weighted by Crippen LogP contribution is -2.29. The third-order valence-corrected chi connectivity index (χ3v) is 3.70. The molecule has 0 radical (unpaired) electrons. The van der Waals surface area contributed by atoms with Gasteiger partial charge >= 0.3 is 5.97 Å². The highest BCUT2D eigenvalue weighted by Crippen LogP contribution is 2.20. The summed E-state index contributed by atoms with van der Waals surface area (Å²) in [5, 5.41) is 2.82. The van der Waals surface area contributed by atoms with E-state index in [0.29, 0.717) is 5.69 Å². The van der Waals surface area contributed by atoms with Crippen LogP contribution in [0.4, 0.5) is 10.1 Å². The van der Waals surface area contributed by atoms with Crippen LogP contribution >= 0.6 is 11.6 Å². The van der Waals surface area contributed by atoms with Crippen LogP contribution in [-0.4, -0.2) is 18.0 Å². The molecule has 0 heterocycles. The van der Waals surface area contributed by atoms with Crippen LogP contribution in [0.5, 0.6) is 0 Å². The first-order valence-corrected chi connectivity index (χ1v) is 7.95. The Morgan fingerprint density at radius 3 is 2.52 bits per heavy atom. The zero-order chi connectivity index (χ0) is 18.4. The molecule has 0 fully saturated rings. The zero-order valence-corrected chi connectivity index (χ0v) is 14.5. The van der Waals surface area contributed by atoms with Gasteiger partial charge in [-0.15, -0.1) is 0 Å². The van der Waals surface area contributed by atoms with E-state index in [9.17, 15) is 14.0 Å². The lowest BCUT2D eigenvalue weighted by molar-refractivity contribution is -0.148. The van der Waals surface area contributed by atoms with E-state index in [1.807, 2.05) is 19.1 Å². The van der Waals surface area contributed by atoms with Crippen LogP contribution in [0.3, 0.4) is 0 Å². The average Bonchev–Trinajstić information content (AvgIpc) is 2.56. The molecule has 0 aliphatic rings. The number of rotatable bonds is 5. The van der Waals surface area contributed by atoms with Crippen molar-refractivity contribution >= 4 is 35.2 Å². The quantitative estimate of drug-likeness (QED) is 0.635. The molecule has 6 heteroatoms. The van der Waals surface area contributed by atoms with Gasteiger partial charge < -0.3 is 10.1 Å². The number of amides is 1. The molecule has 0 saturated heterocycles. The Morgan fingerprint density at radius 2 is 1.88 bits per heavy atom. The molecule has 0 saturated carbocycles. The van der Waals surface area contributed by atoms with Crippen molar-refractivity contribution in [2.24, 2.45) is 0 Å². The number of benzene rings is 2. The predicted octanol–water partition coefficient (Wildman–Crippen LogP) is 4.37. The maximum atomic E-state index is 13.6. The fraction of sp³-hybridized carbons (Fsp3) is 0.158. The van der Waals surface area contributed by atoms with Gasteiger partial charge in [0.05, 0.1) is 5.02 Å². The first kappa shape index (κ1) is 18.7. The fourth-order valence-corrected chi connectivity index (χ4v) is 2.20. The van der Waals surface area contributed by atoms with Crippen LogP contribution in [0.15, 0.2) is 48.5 Å². The zero-order valence-electron chi connectivity index (χ0n) is 13.8. The predicted molar refractivity (Wildman–Crippen MR) is 95.8 cm³/mol. The van der Waals surface area contributed by atoms with Crippen LogP contribution in [0.1, 0.15) is 18.1 Å². The van der Waals surface area contributed by atoms with Gasteiger partial charge in [-0.2, -0.15) is 0 Å². The molecule has 1 unspecified atom stereocenters. The summed E-state index contributed by atoms with van der Waals surface area (Å²) in [6.07, 6.45) is 1.24. The summed E-state index contributed by atoms with van der Waals surface area (Å²) in [6, 6.07) is 11.4. The Balaban J connectivity index is 1.94. The van der Waals surface area contributed by atoms with Crippen molar-refractivity contribution in [1.82, 2.24) is 0 Å². The van der Waals surface area contributed by atoms with Gasteiger partial charge in [-0.05, 0) is 44.2 Å². The summed E-state index contributed by atoms with van der Waals surface area (Å²) in [4.78, 5) is 23.8. The Bertz CT molecular complexity index is 783. The van der Waals surface area contributed by atoms with E-state index in [2.05, 4.69) is 5.32 Å². The largest absolute Gasteiger partial charge is 0.449 e. The standard InChI is InChI=1S/C19H17ClFNO3/c1-12-6-8-14(9-7-12)22-19(24)13(2)25-18(23)11-10-15-16(20)4-3-5-17(15)21/h3-11,13H,1-2H3,(H,22,24). The molecule has 1 N–H and O–H groups in total. The summed E-state index contributed by atoms with van der Waals surface area (Å²) >= 11 is 5.86. The molecule has 2 aromatic carbocycles. The third kappa shape index (κ3) is 5.43. The van der Waals surface area contributed by atoms with Crippen molar-refractivity contribution in [3.8, 4) is 0 Å². The number of nitrogens with one attached hydrogen (secondary N) is 1. The number of hydrogen-bond acceptors (Lipinski definition) is 3. The van der Waals surface area contributed by atoms with Gasteiger partial charge in [-0.25, -0.2) is 9.18 Å². The van der Waals surface area contributed by atoms with E-state index in [-0.39, 0.29) is 10.6 Å². The molecule has 0 aliphatic heterocycles. The Kier molecular flexibility index (Phi) is 6.31. The molecule has 2 rings (SSSR count). The second-order valence-corrected chi connectivity index (χ2v) is 5.81. The average molecular weight is 362 g/mol. The van der Waals surface area contributed by atoms with Gasteiger partial charge in [0.2, 0.25) is 0 Å². The third-order valence-electron chi connectivity index (χ3n) is 3.37. The molecule has 0 bridgehead atoms. The lowest BCUT2D eigenvalue weighted by atomic mass is 10.2. The minimum absolute atomic E-state index is 0.0814. The topological polar surface area (TPSA) is 55.4 Å². The highest BCUT2D eigenvalue weighted by Gasteiger charge is 2.16. The number of halogens is 2. The molecule has 4 nitrogen and oxygen atoms in total. The number of ether oxygens (including phenoxy) is 1. The van der Waals surface area contributed by atoms with Gasteiger partial charge in [-0.3, -0.25) is 4.79 Å². The fourth-order valence-electron chi connectivity index (χ4n) is 1.97. The molecular formula is C19H17ClFNO3. The smallest absolute Gasteiger partial charge is 0.331 e. The van der Waals surface area contributed by atoms with Crippen molar-refractivity contribution in [2.75, 3.05) is 5.32 Å². The van der Waals surface area contributed by atoms with Crippen LogP contribution in [0, 0.1) is 12.7 Å². The summed E-state index contributed by atoms with van der Waals surface area (Å²) < 4.78 is 18.6. The Morgan fingerprint density at radius 1 is 1.20 bits per heavy atom. The molecule has 0 spiro atoms. The van der Waals surface area contributed by atoms with Gasteiger partial charge in [-0.1, -0.05) is 35.4 Å². The summed E-state index contributed by atoms with van der Waals surface area (Å²) in [5.41, 5.74) is 1.75. The molecule has 130 valence electrons. The van der Waals surface area contributed by atoms with E-state index in [1.165, 1.54) is 31.2 Å². The van der Waals surface area contributed by atoms with Crippen molar-refractivity contribution < 1.29 is 18.7 Å². The molecule has 0 aliphatic carbocycles. The molecule has 25 heavy (non-hydrogen) atoms. The first-order chi connectivity index (χ1) is 11.9. The SMILES string of the molecule is Cc1ccc(NC(=O)C(C)OC(=O)C=Cc2c(F)cccc2Cl)cc1. The van der Waals surface area contributed by atoms with Gasteiger partial charge in [0, 0.05) is 17.3 Å². The van der Waals surface area contributed by atoms with Crippen molar-refractivity contribution in [3.05, 3.63) is 70.5 Å². The van der Waals surface area contributed by atoms with Crippen LogP contribution in [-0.2, 0) is 14.3 Å². The molecule has 1 amide bonds. The summed E-state index contributed by atoms with van der Waals surface area (Å²) in [7, 11) is 0.